The zero-order valence-corrected chi connectivity index (χ0v) is 16.3. The summed E-state index contributed by atoms with van der Waals surface area (Å²) in [6, 6.07) is 25.0. The van der Waals surface area contributed by atoms with Crippen molar-refractivity contribution in [2.75, 3.05) is 0 Å². The van der Waals surface area contributed by atoms with E-state index in [1.165, 1.54) is 0 Å². The van der Waals surface area contributed by atoms with Gasteiger partial charge in [-0.2, -0.15) is 5.26 Å². The Morgan fingerprint density at radius 1 is 0.966 bits per heavy atom. The lowest BCUT2D eigenvalue weighted by atomic mass is 10.0. The second kappa shape index (κ2) is 7.65. The van der Waals surface area contributed by atoms with Crippen LogP contribution in [0.2, 0.25) is 0 Å². The number of nitrogens with one attached hydrogen (secondary N) is 1. The third-order valence-electron chi connectivity index (χ3n) is 5.02. The quantitative estimate of drug-likeness (QED) is 0.454. The third kappa shape index (κ3) is 3.63. The Morgan fingerprint density at radius 3 is 2.24 bits per heavy atom. The summed E-state index contributed by atoms with van der Waals surface area (Å²) in [5.74, 6) is 0.594. The summed E-state index contributed by atoms with van der Waals surface area (Å²) < 4.78 is 5.92. The molecule has 4 nitrogen and oxygen atoms in total. The normalized spacial score (nSPS) is 11.8. The first kappa shape index (κ1) is 18.5. The van der Waals surface area contributed by atoms with E-state index in [2.05, 4.69) is 11.1 Å². The van der Waals surface area contributed by atoms with Gasteiger partial charge in [-0.3, -0.25) is 4.79 Å². The van der Waals surface area contributed by atoms with E-state index in [0.29, 0.717) is 16.9 Å². The number of para-hydroxylation sites is 1. The Hall–Kier alpha value is -3.84. The van der Waals surface area contributed by atoms with Crippen LogP contribution in [0, 0.1) is 18.3 Å². The van der Waals surface area contributed by atoms with Crippen LogP contribution in [0.4, 0.5) is 0 Å². The van der Waals surface area contributed by atoms with E-state index in [9.17, 15) is 4.79 Å². The molecule has 3 aromatic carbocycles. The molecule has 4 heteroatoms. The number of nitriles is 1. The highest BCUT2D eigenvalue weighted by atomic mass is 16.5. The first-order valence-electron chi connectivity index (χ1n) is 9.45. The van der Waals surface area contributed by atoms with Crippen LogP contribution in [0.1, 0.15) is 28.5 Å². The number of carbonyl (C=O) groups excluding carboxylic acids is 1. The van der Waals surface area contributed by atoms with Crippen LogP contribution >= 0.6 is 0 Å². The second-order valence-electron chi connectivity index (χ2n) is 7.01. The number of aromatic nitrogens is 1. The van der Waals surface area contributed by atoms with Crippen molar-refractivity contribution in [3.05, 3.63) is 89.6 Å². The summed E-state index contributed by atoms with van der Waals surface area (Å²) in [6.45, 7) is 3.68. The number of rotatable bonds is 5. The maximum atomic E-state index is 13.0. The molecule has 4 aromatic rings. The Morgan fingerprint density at radius 2 is 1.59 bits per heavy atom. The summed E-state index contributed by atoms with van der Waals surface area (Å²) in [7, 11) is 0. The second-order valence-corrected chi connectivity index (χ2v) is 7.01. The first-order valence-corrected chi connectivity index (χ1v) is 9.45. The average molecular weight is 380 g/mol. The summed E-state index contributed by atoms with van der Waals surface area (Å²) in [4.78, 5) is 16.3. The number of aryl methyl sites for hydroxylation is 1. The van der Waals surface area contributed by atoms with Crippen molar-refractivity contribution in [3.8, 4) is 22.9 Å². The van der Waals surface area contributed by atoms with Crippen LogP contribution in [-0.4, -0.2) is 16.9 Å². The molecular weight excluding hydrogens is 360 g/mol. The molecule has 0 unspecified atom stereocenters. The van der Waals surface area contributed by atoms with Crippen LogP contribution < -0.4 is 4.74 Å². The zero-order valence-electron chi connectivity index (χ0n) is 16.3. The summed E-state index contributed by atoms with van der Waals surface area (Å²) >= 11 is 0. The number of benzene rings is 3. The van der Waals surface area contributed by atoms with Gasteiger partial charge in [0, 0.05) is 22.2 Å². The summed E-state index contributed by atoms with van der Waals surface area (Å²) in [6.07, 6.45) is -0.603. The number of aromatic amines is 1. The Bertz CT molecular complexity index is 1210. The Kier molecular flexibility index (Phi) is 4.88. The number of H-pyrrole nitrogens is 1. The molecule has 0 aliphatic heterocycles. The van der Waals surface area contributed by atoms with Gasteiger partial charge in [-0.25, -0.2) is 0 Å². The largest absolute Gasteiger partial charge is 0.483 e. The fourth-order valence-corrected chi connectivity index (χ4v) is 3.52. The lowest BCUT2D eigenvalue weighted by Gasteiger charge is -2.14. The number of carbonyl (C=O) groups is 1. The molecule has 0 aliphatic carbocycles. The molecule has 1 atom stereocenters. The van der Waals surface area contributed by atoms with Crippen LogP contribution in [0.3, 0.4) is 0 Å². The van der Waals surface area contributed by atoms with Gasteiger partial charge in [-0.1, -0.05) is 42.5 Å². The van der Waals surface area contributed by atoms with E-state index in [1.807, 2.05) is 67.6 Å². The molecule has 0 radical (unpaired) electrons. The van der Waals surface area contributed by atoms with E-state index in [0.717, 1.165) is 27.7 Å². The molecule has 0 amide bonds. The highest BCUT2D eigenvalue weighted by Crippen LogP contribution is 2.26. The van der Waals surface area contributed by atoms with Gasteiger partial charge in [-0.05, 0) is 55.3 Å². The number of nitrogens with zero attached hydrogens (tertiary/aromatic N) is 1. The van der Waals surface area contributed by atoms with E-state index in [1.54, 1.807) is 19.1 Å². The van der Waals surface area contributed by atoms with E-state index < -0.39 is 6.10 Å². The van der Waals surface area contributed by atoms with Crippen molar-refractivity contribution in [3.63, 3.8) is 0 Å². The average Bonchev–Trinajstić information content (AvgIpc) is 3.09. The molecule has 1 aromatic heterocycles. The number of ketones is 1. The molecule has 0 aliphatic rings. The molecule has 4 rings (SSSR count). The Labute approximate surface area is 169 Å². The molecule has 1 N–H and O–H groups in total. The van der Waals surface area contributed by atoms with Crippen molar-refractivity contribution in [2.24, 2.45) is 0 Å². The van der Waals surface area contributed by atoms with Gasteiger partial charge < -0.3 is 9.72 Å². The maximum absolute atomic E-state index is 13.0. The van der Waals surface area contributed by atoms with Crippen molar-refractivity contribution in [1.82, 2.24) is 4.98 Å². The van der Waals surface area contributed by atoms with Crippen molar-refractivity contribution < 1.29 is 9.53 Å². The molecule has 0 fully saturated rings. The predicted molar refractivity (Wildman–Crippen MR) is 114 cm³/mol. The lowest BCUT2D eigenvalue weighted by Crippen LogP contribution is -2.24. The highest BCUT2D eigenvalue weighted by Gasteiger charge is 2.22. The third-order valence-corrected chi connectivity index (χ3v) is 5.02. The van der Waals surface area contributed by atoms with Crippen LogP contribution in [0.15, 0.2) is 72.8 Å². The van der Waals surface area contributed by atoms with Gasteiger partial charge in [0.15, 0.2) is 6.10 Å². The highest BCUT2D eigenvalue weighted by molar-refractivity contribution is 6.11. The summed E-state index contributed by atoms with van der Waals surface area (Å²) in [5.41, 5.74) is 5.16. The van der Waals surface area contributed by atoms with Gasteiger partial charge in [0.25, 0.3) is 0 Å². The number of fused-ring (bicyclic) bond motifs is 1. The summed E-state index contributed by atoms with van der Waals surface area (Å²) in [5, 5.41) is 9.83. The van der Waals surface area contributed by atoms with Gasteiger partial charge in [0.2, 0.25) is 5.78 Å². The lowest BCUT2D eigenvalue weighted by molar-refractivity contribution is 0.0819. The fraction of sp³-hybridized carbons (Fsp3) is 0.120. The topological polar surface area (TPSA) is 65.9 Å². The van der Waals surface area contributed by atoms with Gasteiger partial charge >= 0.3 is 0 Å². The number of hydrogen-bond donors (Lipinski definition) is 1. The van der Waals surface area contributed by atoms with E-state index in [4.69, 9.17) is 10.00 Å². The van der Waals surface area contributed by atoms with Crippen LogP contribution in [0.5, 0.6) is 5.75 Å². The molecule has 0 saturated carbocycles. The molecule has 0 saturated heterocycles. The molecule has 142 valence electrons. The van der Waals surface area contributed by atoms with Crippen LogP contribution in [0.25, 0.3) is 22.0 Å². The minimum absolute atomic E-state index is 0.0453. The van der Waals surface area contributed by atoms with Crippen molar-refractivity contribution >= 4 is 16.7 Å². The standard InChI is InChI=1S/C25H20N2O2/c1-16-24(22-5-3-4-6-23(22)27-16)25(28)17(2)29-21-13-11-20(12-14-21)19-9-7-18(15-26)8-10-19/h3-14,17,27H,1-2H3/t17-/m0/s1. The molecule has 0 bridgehead atoms. The molecular formula is C25H20N2O2. The van der Waals surface area contributed by atoms with E-state index >= 15 is 0 Å². The minimum Gasteiger partial charge on any atom is -0.483 e. The van der Waals surface area contributed by atoms with Gasteiger partial charge in [-0.15, -0.1) is 0 Å². The molecule has 1 heterocycles. The Balaban J connectivity index is 1.52. The number of hydrogen-bond acceptors (Lipinski definition) is 3. The first-order chi connectivity index (χ1) is 14.1. The van der Waals surface area contributed by atoms with Crippen LogP contribution in [-0.2, 0) is 0 Å². The maximum Gasteiger partial charge on any atom is 0.205 e. The molecule has 0 spiro atoms. The number of Topliss-reactive ketones (excluding diaryl/α,β-unsaturated/α-hetero) is 1. The monoisotopic (exact) mass is 380 g/mol. The van der Waals surface area contributed by atoms with Gasteiger partial charge in [0.05, 0.1) is 11.6 Å². The predicted octanol–water partition coefficient (Wildman–Crippen LogP) is 5.67. The molecule has 29 heavy (non-hydrogen) atoms. The smallest absolute Gasteiger partial charge is 0.205 e. The van der Waals surface area contributed by atoms with Gasteiger partial charge in [0.1, 0.15) is 5.75 Å². The SMILES string of the molecule is Cc1[nH]c2ccccc2c1C(=O)[C@H](C)Oc1ccc(-c2ccc(C#N)cc2)cc1. The fourth-order valence-electron chi connectivity index (χ4n) is 3.52. The van der Waals surface area contributed by atoms with Crippen molar-refractivity contribution in [1.29, 1.82) is 5.26 Å². The zero-order chi connectivity index (χ0) is 20.4. The van der Waals surface area contributed by atoms with E-state index in [-0.39, 0.29) is 5.78 Å². The number of ether oxygens (including phenoxy) is 1. The minimum atomic E-state index is -0.603. The van der Waals surface area contributed by atoms with Crippen molar-refractivity contribution in [2.45, 2.75) is 20.0 Å².